The largest absolute Gasteiger partial charge is 0.351 e. The molecule has 2 heterocycles. The van der Waals surface area contributed by atoms with Crippen molar-refractivity contribution >= 4 is 17.4 Å². The zero-order valence-electron chi connectivity index (χ0n) is 13.0. The summed E-state index contributed by atoms with van der Waals surface area (Å²) in [7, 11) is 0. The number of rotatable bonds is 5. The number of anilines is 1. The molecular weight excluding hydrogens is 284 g/mol. The molecule has 0 unspecified atom stereocenters. The number of nitrogens with zero attached hydrogens (tertiary/aromatic N) is 4. The Balaban J connectivity index is 2.35. The molecule has 112 valence electrons. The maximum absolute atomic E-state index is 6.23. The van der Waals surface area contributed by atoms with Crippen LogP contribution in [0.1, 0.15) is 36.6 Å². The fraction of sp³-hybridized carbons (Fsp3) is 0.438. The first kappa shape index (κ1) is 15.7. The molecular formula is C16H21ClN4. The summed E-state index contributed by atoms with van der Waals surface area (Å²) >= 11 is 6.23. The number of hydrogen-bond donors (Lipinski definition) is 0. The molecule has 0 bridgehead atoms. The van der Waals surface area contributed by atoms with E-state index < -0.39 is 0 Å². The molecule has 0 fully saturated rings. The van der Waals surface area contributed by atoms with Crippen molar-refractivity contribution in [2.24, 2.45) is 0 Å². The van der Waals surface area contributed by atoms with Gasteiger partial charge in [-0.2, -0.15) is 0 Å². The third kappa shape index (κ3) is 3.70. The van der Waals surface area contributed by atoms with Crippen LogP contribution in [0.25, 0.3) is 0 Å². The van der Waals surface area contributed by atoms with Crippen LogP contribution in [0.3, 0.4) is 0 Å². The van der Waals surface area contributed by atoms with E-state index in [2.05, 4.69) is 26.8 Å². The predicted molar refractivity (Wildman–Crippen MR) is 86.9 cm³/mol. The lowest BCUT2D eigenvalue weighted by atomic mass is 10.2. The topological polar surface area (TPSA) is 41.9 Å². The predicted octanol–water partition coefficient (Wildman–Crippen LogP) is 3.73. The van der Waals surface area contributed by atoms with Gasteiger partial charge in [-0.1, -0.05) is 24.6 Å². The van der Waals surface area contributed by atoms with Crippen LogP contribution in [0, 0.1) is 13.8 Å². The highest BCUT2D eigenvalue weighted by molar-refractivity contribution is 6.30. The van der Waals surface area contributed by atoms with Gasteiger partial charge in [-0.25, -0.2) is 9.97 Å². The number of hydrogen-bond acceptors (Lipinski definition) is 4. The van der Waals surface area contributed by atoms with Gasteiger partial charge in [-0.15, -0.1) is 0 Å². The van der Waals surface area contributed by atoms with Gasteiger partial charge in [0.1, 0.15) is 16.8 Å². The monoisotopic (exact) mass is 304 g/mol. The van der Waals surface area contributed by atoms with Crippen molar-refractivity contribution in [1.82, 2.24) is 15.0 Å². The Morgan fingerprint density at radius 3 is 2.48 bits per heavy atom. The Morgan fingerprint density at radius 2 is 1.86 bits per heavy atom. The summed E-state index contributed by atoms with van der Waals surface area (Å²) in [6.45, 7) is 9.66. The summed E-state index contributed by atoms with van der Waals surface area (Å²) in [5.74, 6) is 1.67. The Hall–Kier alpha value is -1.68. The fourth-order valence-electron chi connectivity index (χ4n) is 2.21. The average molecular weight is 305 g/mol. The van der Waals surface area contributed by atoms with E-state index in [-0.39, 0.29) is 0 Å². The summed E-state index contributed by atoms with van der Waals surface area (Å²) in [4.78, 5) is 15.7. The van der Waals surface area contributed by atoms with Gasteiger partial charge in [0.25, 0.3) is 0 Å². The first-order valence-corrected chi connectivity index (χ1v) is 7.63. The van der Waals surface area contributed by atoms with Crippen LogP contribution >= 0.6 is 11.6 Å². The highest BCUT2D eigenvalue weighted by Gasteiger charge is 2.15. The molecule has 0 saturated carbocycles. The van der Waals surface area contributed by atoms with E-state index >= 15 is 0 Å². The van der Waals surface area contributed by atoms with Gasteiger partial charge in [0, 0.05) is 24.2 Å². The molecule has 0 aliphatic rings. The van der Waals surface area contributed by atoms with Gasteiger partial charge in [-0.3, -0.25) is 4.98 Å². The van der Waals surface area contributed by atoms with E-state index in [1.165, 1.54) is 0 Å². The van der Waals surface area contributed by atoms with Crippen molar-refractivity contribution in [3.63, 3.8) is 0 Å². The van der Waals surface area contributed by atoms with E-state index in [9.17, 15) is 0 Å². The summed E-state index contributed by atoms with van der Waals surface area (Å²) in [6.07, 6.45) is 0.771. The smallest absolute Gasteiger partial charge is 0.137 e. The standard InChI is InChI=1S/C16H21ClN4/c1-5-14-19-15(17)12(4)16(20-14)21(6-2)10-13-9-7-8-11(3)18-13/h7-9H,5-6,10H2,1-4H3. The number of halogens is 1. The SMILES string of the molecule is CCc1nc(Cl)c(C)c(N(CC)Cc2cccc(C)n2)n1. The molecule has 4 nitrogen and oxygen atoms in total. The molecule has 21 heavy (non-hydrogen) atoms. The lowest BCUT2D eigenvalue weighted by molar-refractivity contribution is 0.772. The molecule has 0 aromatic carbocycles. The number of aryl methyl sites for hydroxylation is 2. The van der Waals surface area contributed by atoms with Crippen molar-refractivity contribution < 1.29 is 0 Å². The van der Waals surface area contributed by atoms with Crippen LogP contribution in [0.5, 0.6) is 0 Å². The summed E-state index contributed by atoms with van der Waals surface area (Å²) in [5.41, 5.74) is 2.97. The van der Waals surface area contributed by atoms with Crippen LogP contribution in [0.2, 0.25) is 5.15 Å². The lowest BCUT2D eigenvalue weighted by Gasteiger charge is -2.24. The van der Waals surface area contributed by atoms with Gasteiger partial charge in [0.05, 0.1) is 12.2 Å². The molecule has 0 saturated heterocycles. The zero-order chi connectivity index (χ0) is 15.4. The van der Waals surface area contributed by atoms with Crippen LogP contribution in [0.15, 0.2) is 18.2 Å². The van der Waals surface area contributed by atoms with E-state index in [4.69, 9.17) is 11.6 Å². The van der Waals surface area contributed by atoms with Crippen LogP contribution in [-0.4, -0.2) is 21.5 Å². The number of aromatic nitrogens is 3. The van der Waals surface area contributed by atoms with Gasteiger partial charge < -0.3 is 4.90 Å². The highest BCUT2D eigenvalue weighted by Crippen LogP contribution is 2.24. The first-order valence-electron chi connectivity index (χ1n) is 7.25. The average Bonchev–Trinajstić information content (AvgIpc) is 2.48. The minimum absolute atomic E-state index is 0.535. The Labute approximate surface area is 131 Å². The van der Waals surface area contributed by atoms with Crippen LogP contribution < -0.4 is 4.90 Å². The zero-order valence-corrected chi connectivity index (χ0v) is 13.8. The fourth-order valence-corrected chi connectivity index (χ4v) is 2.39. The lowest BCUT2D eigenvalue weighted by Crippen LogP contribution is -2.25. The molecule has 2 rings (SSSR count). The second-order valence-electron chi connectivity index (χ2n) is 5.02. The second kappa shape index (κ2) is 6.85. The van der Waals surface area contributed by atoms with Crippen molar-refractivity contribution in [2.75, 3.05) is 11.4 Å². The van der Waals surface area contributed by atoms with Gasteiger partial charge in [0.15, 0.2) is 0 Å². The van der Waals surface area contributed by atoms with Crippen molar-refractivity contribution in [3.8, 4) is 0 Å². The molecule has 0 N–H and O–H groups in total. The number of pyridine rings is 1. The Kier molecular flexibility index (Phi) is 5.12. The Bertz CT molecular complexity index is 628. The second-order valence-corrected chi connectivity index (χ2v) is 5.38. The maximum Gasteiger partial charge on any atom is 0.137 e. The Morgan fingerprint density at radius 1 is 1.10 bits per heavy atom. The summed E-state index contributed by atoms with van der Waals surface area (Å²) in [6, 6.07) is 6.07. The molecule has 5 heteroatoms. The maximum atomic E-state index is 6.23. The minimum atomic E-state index is 0.535. The quantitative estimate of drug-likeness (QED) is 0.789. The van der Waals surface area contributed by atoms with Crippen molar-refractivity contribution in [2.45, 2.75) is 40.7 Å². The van der Waals surface area contributed by atoms with E-state index in [1.54, 1.807) is 0 Å². The normalized spacial score (nSPS) is 10.7. The third-order valence-electron chi connectivity index (χ3n) is 3.40. The highest BCUT2D eigenvalue weighted by atomic mass is 35.5. The minimum Gasteiger partial charge on any atom is -0.351 e. The molecule has 2 aromatic heterocycles. The van der Waals surface area contributed by atoms with Crippen molar-refractivity contribution in [3.05, 3.63) is 46.1 Å². The molecule has 0 aliphatic heterocycles. The summed E-state index contributed by atoms with van der Waals surface area (Å²) < 4.78 is 0. The van der Waals surface area contributed by atoms with E-state index in [1.807, 2.05) is 39.0 Å². The van der Waals surface area contributed by atoms with Gasteiger partial charge >= 0.3 is 0 Å². The molecule has 0 aliphatic carbocycles. The summed E-state index contributed by atoms with van der Waals surface area (Å²) in [5, 5.41) is 0.535. The molecule has 0 spiro atoms. The van der Waals surface area contributed by atoms with Crippen LogP contribution in [-0.2, 0) is 13.0 Å². The molecule has 0 radical (unpaired) electrons. The van der Waals surface area contributed by atoms with Gasteiger partial charge in [0.2, 0.25) is 0 Å². The molecule has 0 amide bonds. The molecule has 0 atom stereocenters. The third-order valence-corrected chi connectivity index (χ3v) is 3.77. The van der Waals surface area contributed by atoms with Crippen molar-refractivity contribution in [1.29, 1.82) is 0 Å². The first-order chi connectivity index (χ1) is 10.0. The van der Waals surface area contributed by atoms with Crippen LogP contribution in [0.4, 0.5) is 5.82 Å². The molecule has 2 aromatic rings. The van der Waals surface area contributed by atoms with E-state index in [0.29, 0.717) is 5.15 Å². The van der Waals surface area contributed by atoms with Gasteiger partial charge in [-0.05, 0) is 32.9 Å². The van der Waals surface area contributed by atoms with E-state index in [0.717, 1.165) is 48.1 Å².